The molecule has 0 unspecified atom stereocenters. The number of hydrogen-bond donors (Lipinski definition) is 0. The summed E-state index contributed by atoms with van der Waals surface area (Å²) in [7, 11) is 0. The normalized spacial score (nSPS) is 13.1. The van der Waals surface area contributed by atoms with Gasteiger partial charge >= 0.3 is 135 Å². The first-order chi connectivity index (χ1) is 27.5. The number of nitrogens with zero attached hydrogens (tertiary/aromatic N) is 3. The van der Waals surface area contributed by atoms with Gasteiger partial charge in [-0.25, -0.2) is 0 Å². The van der Waals surface area contributed by atoms with E-state index >= 15 is 0 Å². The van der Waals surface area contributed by atoms with E-state index in [0.29, 0.717) is 5.69 Å². The van der Waals surface area contributed by atoms with Gasteiger partial charge in [0.15, 0.2) is 0 Å². The monoisotopic (exact) mass is 966 g/mol. The SMILES string of the molecule is Cc1c[c-]c(-c2nc3ccc4ccccc4c3n2-c2ccccc2)c2oc3ccccc3c12.[2H]C([2H])([2H])c1c[c-]c(-c2cc(C([2H])(C)C)[c]([Ge]([CH3])([CH3])[CH3])cn2)c(F)c1.[Ir]. The van der Waals surface area contributed by atoms with Crippen molar-refractivity contribution in [3.8, 4) is 28.3 Å². The van der Waals surface area contributed by atoms with Crippen molar-refractivity contribution < 1.29 is 34.4 Å². The number of para-hydroxylation sites is 2. The molecule has 0 aliphatic rings. The molecule has 9 aromatic rings. The minimum absolute atomic E-state index is 0. The first-order valence-electron chi connectivity index (χ1n) is 20.0. The molecule has 0 spiro atoms. The van der Waals surface area contributed by atoms with Crippen LogP contribution in [0.3, 0.4) is 0 Å². The summed E-state index contributed by atoms with van der Waals surface area (Å²) in [5, 5.41) is 4.60. The summed E-state index contributed by atoms with van der Waals surface area (Å²) in [6.07, 6.45) is 1.76. The fraction of sp³-hybridized carbons (Fsp3) is 0.167. The van der Waals surface area contributed by atoms with Crippen molar-refractivity contribution in [3.63, 3.8) is 0 Å². The fourth-order valence-electron chi connectivity index (χ4n) is 7.20. The molecule has 0 aliphatic carbocycles. The van der Waals surface area contributed by atoms with Gasteiger partial charge in [-0.2, -0.15) is 0 Å². The summed E-state index contributed by atoms with van der Waals surface area (Å²) in [6.45, 7) is 3.35. The number of hydrogen-bond acceptors (Lipinski definition) is 3. The first-order valence-corrected chi connectivity index (χ1v) is 25.4. The predicted octanol–water partition coefficient (Wildman–Crippen LogP) is 12.5. The topological polar surface area (TPSA) is 43.9 Å². The zero-order valence-electron chi connectivity index (χ0n) is 35.5. The number of furan rings is 1. The van der Waals surface area contributed by atoms with Crippen LogP contribution in [-0.2, 0) is 20.1 Å². The molecule has 6 aromatic carbocycles. The number of aromatic nitrogens is 3. The maximum atomic E-state index is 14.5. The summed E-state index contributed by atoms with van der Waals surface area (Å²) in [6, 6.07) is 43.6. The van der Waals surface area contributed by atoms with Crippen LogP contribution in [0.4, 0.5) is 4.39 Å². The molecule has 0 bridgehead atoms. The number of rotatable bonds is 5. The van der Waals surface area contributed by atoms with E-state index in [1.165, 1.54) is 16.8 Å². The molecule has 0 saturated carbocycles. The largest absolute Gasteiger partial charge is 0 e. The standard InChI is InChI=1S/C30H19N2O.C18H23FGeN.Ir/c1-19-15-17-24(29-27(19)23-13-7-8-14-26(23)33-29)30-31-25-18-16-20-9-5-6-12-22(20)28(25)32(30)21-10-3-2-4-11-21;1-12(2)15-10-18(21-11-17(15)20(4,5)6)14-8-7-13(3)9-16(14)19;/h2-16,18H,1H3;7,9-12H,1-6H3;/q2*-1;/i;3D3,12D;. The van der Waals surface area contributed by atoms with Crippen LogP contribution in [0.1, 0.15) is 41.9 Å². The smallest absolute Gasteiger partial charge is 0 e. The van der Waals surface area contributed by atoms with Crippen LogP contribution < -0.4 is 4.40 Å². The minimum Gasteiger partial charge on any atom is 0 e. The predicted molar refractivity (Wildman–Crippen MR) is 225 cm³/mol. The Bertz CT molecular complexity index is 3000. The van der Waals surface area contributed by atoms with Gasteiger partial charge in [0.2, 0.25) is 0 Å². The second-order valence-corrected chi connectivity index (χ2v) is 25.5. The van der Waals surface area contributed by atoms with Gasteiger partial charge in [0, 0.05) is 36.6 Å². The number of halogens is 1. The third-order valence-electron chi connectivity index (χ3n) is 9.83. The van der Waals surface area contributed by atoms with E-state index in [-0.39, 0.29) is 31.2 Å². The van der Waals surface area contributed by atoms with Crippen molar-refractivity contribution in [2.24, 2.45) is 0 Å². The zero-order chi connectivity index (χ0) is 41.1. The molecule has 55 heavy (non-hydrogen) atoms. The molecule has 0 fully saturated rings. The van der Waals surface area contributed by atoms with Gasteiger partial charge in [0.25, 0.3) is 0 Å². The van der Waals surface area contributed by atoms with Crippen LogP contribution in [0.2, 0.25) is 17.3 Å². The molecular weight excluding hydrogens is 918 g/mol. The van der Waals surface area contributed by atoms with E-state index in [1.54, 1.807) is 26.1 Å². The van der Waals surface area contributed by atoms with Crippen molar-refractivity contribution in [1.82, 2.24) is 14.5 Å². The van der Waals surface area contributed by atoms with Gasteiger partial charge in [0.05, 0.1) is 22.4 Å². The second-order valence-electron chi connectivity index (χ2n) is 14.9. The average molecular weight is 965 g/mol. The van der Waals surface area contributed by atoms with Gasteiger partial charge in [-0.1, -0.05) is 84.6 Å². The molecule has 0 aliphatic heterocycles. The Morgan fingerprint density at radius 3 is 2.29 bits per heavy atom. The Morgan fingerprint density at radius 2 is 1.56 bits per heavy atom. The van der Waals surface area contributed by atoms with E-state index in [0.717, 1.165) is 71.6 Å². The number of benzene rings is 6. The number of imidazole rings is 1. The van der Waals surface area contributed by atoms with Crippen LogP contribution in [-0.4, -0.2) is 27.8 Å². The Labute approximate surface area is 343 Å². The maximum Gasteiger partial charge on any atom is 0 e. The van der Waals surface area contributed by atoms with E-state index in [1.807, 2.05) is 24.3 Å². The molecule has 7 heteroatoms. The maximum absolute atomic E-state index is 14.5. The fourth-order valence-corrected chi connectivity index (χ4v) is 10.5. The van der Waals surface area contributed by atoms with Gasteiger partial charge in [-0.3, -0.25) is 4.98 Å². The van der Waals surface area contributed by atoms with Crippen LogP contribution in [0.5, 0.6) is 0 Å². The third-order valence-corrected chi connectivity index (χ3v) is 14.1. The van der Waals surface area contributed by atoms with Crippen LogP contribution in [0.15, 0.2) is 126 Å². The Morgan fingerprint density at radius 1 is 0.855 bits per heavy atom. The van der Waals surface area contributed by atoms with Crippen molar-refractivity contribution >= 4 is 61.4 Å². The molecule has 3 aromatic heterocycles. The van der Waals surface area contributed by atoms with E-state index < -0.39 is 31.8 Å². The molecule has 0 N–H and O–H groups in total. The van der Waals surface area contributed by atoms with Gasteiger partial charge < -0.3 is 8.98 Å². The van der Waals surface area contributed by atoms with Gasteiger partial charge in [0.1, 0.15) is 5.58 Å². The van der Waals surface area contributed by atoms with Crippen LogP contribution in [0, 0.1) is 31.7 Å². The van der Waals surface area contributed by atoms with Gasteiger partial charge in [-0.15, -0.1) is 17.7 Å². The molecule has 0 atom stereocenters. The number of fused-ring (bicyclic) bond motifs is 6. The average Bonchev–Trinajstić information content (AvgIpc) is 3.78. The quantitative estimate of drug-likeness (QED) is 0.128. The molecule has 9 rings (SSSR count). The molecule has 0 saturated heterocycles. The zero-order valence-corrected chi connectivity index (χ0v) is 36.0. The summed E-state index contributed by atoms with van der Waals surface area (Å²) in [5.41, 5.74) is 8.09. The minimum atomic E-state index is -2.37. The van der Waals surface area contributed by atoms with Gasteiger partial charge in [-0.05, 0) is 29.7 Å². The van der Waals surface area contributed by atoms with Crippen molar-refractivity contribution in [2.45, 2.75) is 50.8 Å². The summed E-state index contributed by atoms with van der Waals surface area (Å²) in [5.74, 6) is 6.01. The van der Waals surface area contributed by atoms with E-state index in [4.69, 9.17) is 14.9 Å². The molecule has 4 nitrogen and oxygen atoms in total. The molecular formula is C48H42FGeIrN3O-2. The third kappa shape index (κ3) is 7.20. The van der Waals surface area contributed by atoms with E-state index in [9.17, 15) is 4.39 Å². The van der Waals surface area contributed by atoms with Crippen molar-refractivity contribution in [3.05, 3.63) is 156 Å². The summed E-state index contributed by atoms with van der Waals surface area (Å²) >= 11 is -2.25. The van der Waals surface area contributed by atoms with Crippen molar-refractivity contribution in [1.29, 1.82) is 0 Å². The number of aryl methyl sites for hydroxylation is 2. The molecule has 0 amide bonds. The first kappa shape index (κ1) is 33.5. The van der Waals surface area contributed by atoms with Crippen molar-refractivity contribution in [2.75, 3.05) is 0 Å². The molecule has 3 heterocycles. The van der Waals surface area contributed by atoms with Crippen LogP contribution in [0.25, 0.3) is 72.1 Å². The Hall–Kier alpha value is -4.88. The van der Waals surface area contributed by atoms with E-state index in [2.05, 4.69) is 119 Å². The number of pyridine rings is 1. The Balaban J connectivity index is 0.000000184. The second kappa shape index (κ2) is 15.3. The molecule has 1 radical (unpaired) electrons. The van der Waals surface area contributed by atoms with Crippen LogP contribution >= 0.6 is 0 Å². The summed E-state index contributed by atoms with van der Waals surface area (Å²) in [4.78, 5) is 9.53. The molecule has 277 valence electrons. The Kier molecular flexibility index (Phi) is 9.33. The summed E-state index contributed by atoms with van der Waals surface area (Å²) < 4.78 is 54.8.